The number of rotatable bonds is 19. The van der Waals surface area contributed by atoms with Crippen LogP contribution >= 0.6 is 0 Å². The van der Waals surface area contributed by atoms with Gasteiger partial charge in [0.1, 0.15) is 46.2 Å². The summed E-state index contributed by atoms with van der Waals surface area (Å²) in [6, 6.07) is 4.50. The van der Waals surface area contributed by atoms with Crippen molar-refractivity contribution >= 4 is 58.3 Å². The van der Waals surface area contributed by atoms with Gasteiger partial charge in [0.2, 0.25) is 0 Å². The fourth-order valence-electron chi connectivity index (χ4n) is 6.23. The van der Waals surface area contributed by atoms with Crippen LogP contribution in [0.1, 0.15) is 105 Å². The standard InChI is InChI=1S/C40H48N16.Zn/c1-5-9-13-17-45-29-25(21-41)33-49-37(29)53-34-26(22-42)30(46-18-14-10-6-2)39(50-34)55-36-28(24-44)32(48-20-16-12-8-4)40(52-36)56-35-27(23-43)31(38(51-35)54-33)47-19-15-11-7-3;/h45-47H,5-20H2,1-4H3,(H,49,50,51,52,53,54,55,56);/q-2;+2. The van der Waals surface area contributed by atoms with Crippen molar-refractivity contribution in [3.63, 3.8) is 0 Å². The molecular formula is C40H48N16Zn. The zero-order chi connectivity index (χ0) is 39.9. The van der Waals surface area contributed by atoms with E-state index in [9.17, 15) is 21.3 Å². The summed E-state index contributed by atoms with van der Waals surface area (Å²) >= 11 is 0. The van der Waals surface area contributed by atoms with Gasteiger partial charge in [0.15, 0.2) is 40.8 Å². The van der Waals surface area contributed by atoms with Gasteiger partial charge < -0.3 is 32.1 Å². The molecule has 1 fully saturated rings. The van der Waals surface area contributed by atoms with Crippen LogP contribution in [0.2, 0.25) is 0 Å². The van der Waals surface area contributed by atoms with Gasteiger partial charge in [0, 0.05) is 26.2 Å². The first-order valence-electron chi connectivity index (χ1n) is 19.7. The molecule has 0 aromatic heterocycles. The normalized spacial score (nSPS) is 17.6. The molecule has 16 nitrogen and oxygen atoms in total. The molecule has 5 aliphatic heterocycles. The van der Waals surface area contributed by atoms with Gasteiger partial charge in [-0.1, -0.05) is 79.1 Å². The fraction of sp³-hybridized carbons (Fsp3) is 0.500. The molecule has 0 atom stereocenters. The molecule has 0 spiro atoms. The summed E-state index contributed by atoms with van der Waals surface area (Å²) in [7, 11) is 0. The number of hydrogen-bond donors (Lipinski definition) is 4. The summed E-state index contributed by atoms with van der Waals surface area (Å²) in [6.45, 7) is 10.5. The van der Waals surface area contributed by atoms with Crippen molar-refractivity contribution in [2.45, 2.75) is 105 Å². The largest absolute Gasteiger partial charge is 2.00 e. The molecule has 0 aromatic rings. The van der Waals surface area contributed by atoms with E-state index in [1.165, 1.54) is 0 Å². The molecule has 0 aromatic carbocycles. The molecule has 0 aliphatic carbocycles. The van der Waals surface area contributed by atoms with E-state index >= 15 is 0 Å². The van der Waals surface area contributed by atoms with Crippen LogP contribution in [0.25, 0.3) is 10.8 Å². The molecule has 57 heavy (non-hydrogen) atoms. The molecule has 5 aliphatic rings. The molecule has 4 N–H and O–H groups in total. The molecule has 0 saturated carbocycles. The third-order valence-electron chi connectivity index (χ3n) is 9.25. The van der Waals surface area contributed by atoms with Gasteiger partial charge in [-0.3, -0.25) is 16.7 Å². The van der Waals surface area contributed by atoms with Crippen molar-refractivity contribution < 1.29 is 19.5 Å². The van der Waals surface area contributed by atoms with Gasteiger partial charge >= 0.3 is 19.5 Å². The second-order valence-corrected chi connectivity index (χ2v) is 13.5. The van der Waals surface area contributed by atoms with Crippen molar-refractivity contribution in [3.8, 4) is 12.1 Å². The van der Waals surface area contributed by atoms with Gasteiger partial charge in [0.25, 0.3) is 0 Å². The Morgan fingerprint density at radius 1 is 0.544 bits per heavy atom. The van der Waals surface area contributed by atoms with E-state index in [0.717, 1.165) is 77.0 Å². The Bertz CT molecular complexity index is 2130. The van der Waals surface area contributed by atoms with Gasteiger partial charge in [0.05, 0.1) is 16.8 Å². The number of fused-ring (bicyclic) bond motifs is 5. The topological polar surface area (TPSA) is 239 Å². The first kappa shape index (κ1) is 44.0. The Balaban J connectivity index is 0.00000720. The molecule has 5 rings (SSSR count). The maximum absolute atomic E-state index is 10.5. The summed E-state index contributed by atoms with van der Waals surface area (Å²) in [4.78, 5) is 38.1. The van der Waals surface area contributed by atoms with E-state index in [0.29, 0.717) is 43.3 Å². The van der Waals surface area contributed by atoms with Crippen molar-refractivity contribution in [2.24, 2.45) is 39.9 Å². The number of aliphatic imine (C=N–C) groups is 8. The third kappa shape index (κ3) is 10.4. The van der Waals surface area contributed by atoms with Crippen LogP contribution in [-0.4, -0.2) is 84.5 Å². The van der Waals surface area contributed by atoms with Crippen molar-refractivity contribution in [3.05, 3.63) is 56.0 Å². The second kappa shape index (κ2) is 22.1. The number of nitrogens with one attached hydrogen (secondary N) is 4. The Morgan fingerprint density at radius 2 is 1.00 bits per heavy atom. The van der Waals surface area contributed by atoms with Crippen LogP contribution < -0.4 is 21.3 Å². The summed E-state index contributed by atoms with van der Waals surface area (Å²) < 4.78 is 0. The van der Waals surface area contributed by atoms with Crippen LogP contribution in [-0.2, 0) is 19.5 Å². The van der Waals surface area contributed by atoms with Crippen molar-refractivity contribution in [1.29, 1.82) is 10.5 Å². The number of nitriles is 2. The van der Waals surface area contributed by atoms with Gasteiger partial charge in [-0.15, -0.1) is 0 Å². The van der Waals surface area contributed by atoms with E-state index in [1.54, 1.807) is 0 Å². The Kier molecular flexibility index (Phi) is 17.1. The van der Waals surface area contributed by atoms with Gasteiger partial charge in [-0.05, 0) is 25.7 Å². The fourth-order valence-corrected chi connectivity index (χ4v) is 6.23. The molecule has 5 heterocycles. The van der Waals surface area contributed by atoms with E-state index in [-0.39, 0.29) is 94.2 Å². The first-order valence-corrected chi connectivity index (χ1v) is 19.7. The predicted molar refractivity (Wildman–Crippen MR) is 226 cm³/mol. The van der Waals surface area contributed by atoms with Crippen LogP contribution in [0.5, 0.6) is 0 Å². The molecule has 0 radical (unpaired) electrons. The number of amidine groups is 7. The second-order valence-electron chi connectivity index (χ2n) is 13.5. The van der Waals surface area contributed by atoms with Crippen LogP contribution in [0.3, 0.4) is 0 Å². The first-order chi connectivity index (χ1) is 27.5. The SMILES string of the molecule is CCCCCN=C1C(=C=[N-])C2=NC3=NC(=NC4=NC(=NC5=C(NCCCCC)C(=C=[N-])C(=N5)N=C1N2)C(C#N)=C4NCCCCC)C(C#N)=C3NCCCCC.[Zn+2]. The average Bonchev–Trinajstić information content (AvgIpc) is 3.91. The Morgan fingerprint density at radius 3 is 1.53 bits per heavy atom. The van der Waals surface area contributed by atoms with E-state index in [4.69, 9.17) is 39.9 Å². The molecular weight excluding hydrogens is 770 g/mol. The Hall–Kier alpha value is -5.72. The smallest absolute Gasteiger partial charge is 0.763 e. The van der Waals surface area contributed by atoms with Crippen LogP contribution in [0.4, 0.5) is 0 Å². The molecule has 0 unspecified atom stereocenters. The average molecular weight is 818 g/mol. The van der Waals surface area contributed by atoms with E-state index in [2.05, 4.69) is 72.8 Å². The monoisotopic (exact) mass is 816 g/mol. The minimum atomic E-state index is 0. The van der Waals surface area contributed by atoms with Crippen LogP contribution in [0, 0.1) is 22.7 Å². The zero-order valence-electron chi connectivity index (χ0n) is 33.4. The summed E-state index contributed by atoms with van der Waals surface area (Å²) in [5.74, 6) is 5.29. The van der Waals surface area contributed by atoms with E-state index in [1.807, 2.05) is 0 Å². The van der Waals surface area contributed by atoms with Crippen molar-refractivity contribution in [2.75, 3.05) is 26.2 Å². The molecule has 1 saturated heterocycles. The molecule has 290 valence electrons. The summed E-state index contributed by atoms with van der Waals surface area (Å²) in [6.07, 6.45) is 11.2. The minimum absolute atomic E-state index is 0. The molecule has 8 bridgehead atoms. The molecule has 17 heteroatoms. The number of unbranched alkanes of at least 4 members (excludes halogenated alkanes) is 8. The third-order valence-corrected chi connectivity index (χ3v) is 9.25. The van der Waals surface area contributed by atoms with Crippen molar-refractivity contribution in [1.82, 2.24) is 21.3 Å². The number of nitrogens with zero attached hydrogens (tertiary/aromatic N) is 12. The van der Waals surface area contributed by atoms with Gasteiger partial charge in [-0.25, -0.2) is 34.9 Å². The zero-order valence-corrected chi connectivity index (χ0v) is 36.4. The van der Waals surface area contributed by atoms with E-state index < -0.39 is 0 Å². The minimum Gasteiger partial charge on any atom is -0.763 e. The maximum Gasteiger partial charge on any atom is 2.00 e. The molecule has 0 amide bonds. The quantitative estimate of drug-likeness (QED) is 0.0750. The van der Waals surface area contributed by atoms with Crippen LogP contribution in [0.15, 0.2) is 85.1 Å². The Labute approximate surface area is 347 Å². The number of hydrogen-bond acceptors (Lipinski definition) is 14. The van der Waals surface area contributed by atoms with Gasteiger partial charge in [-0.2, -0.15) is 10.5 Å². The predicted octanol–water partition coefficient (Wildman–Crippen LogP) is 5.46. The summed E-state index contributed by atoms with van der Waals surface area (Å²) in [5.41, 5.74) is 1.87. The maximum atomic E-state index is 10.5. The summed E-state index contributed by atoms with van der Waals surface area (Å²) in [5, 5.41) is 55.3.